The lowest BCUT2D eigenvalue weighted by atomic mass is 10.2. The van der Waals surface area contributed by atoms with Crippen molar-refractivity contribution < 1.29 is 8.42 Å². The first-order chi connectivity index (χ1) is 9.00. The molecule has 2 N–H and O–H groups in total. The van der Waals surface area contributed by atoms with Gasteiger partial charge in [0.25, 0.3) is 0 Å². The Morgan fingerprint density at radius 3 is 2.68 bits per heavy atom. The summed E-state index contributed by atoms with van der Waals surface area (Å²) in [5.41, 5.74) is 6.93. The van der Waals surface area contributed by atoms with Crippen LogP contribution in [0.1, 0.15) is 35.8 Å². The van der Waals surface area contributed by atoms with Crippen molar-refractivity contribution in [2.24, 2.45) is 5.73 Å². The van der Waals surface area contributed by atoms with Crippen LogP contribution < -0.4 is 10.6 Å². The minimum Gasteiger partial charge on any atom is -0.347 e. The Kier molecular flexibility index (Phi) is 3.31. The van der Waals surface area contributed by atoms with E-state index in [9.17, 15) is 8.42 Å². The van der Waals surface area contributed by atoms with Crippen LogP contribution >= 0.6 is 11.3 Å². The molecule has 1 aliphatic carbocycles. The molecule has 1 atom stereocenters. The van der Waals surface area contributed by atoms with Crippen LogP contribution in [0.25, 0.3) is 0 Å². The maximum Gasteiger partial charge on any atom is 0.185 e. The molecule has 0 bridgehead atoms. The Balaban J connectivity index is 1.82. The van der Waals surface area contributed by atoms with Gasteiger partial charge in [0.15, 0.2) is 15.0 Å². The van der Waals surface area contributed by atoms with Crippen LogP contribution in [-0.4, -0.2) is 38.0 Å². The van der Waals surface area contributed by atoms with E-state index in [1.165, 1.54) is 12.8 Å². The van der Waals surface area contributed by atoms with Crippen molar-refractivity contribution >= 4 is 26.3 Å². The molecule has 2 fully saturated rings. The highest BCUT2D eigenvalue weighted by molar-refractivity contribution is 7.91. The summed E-state index contributed by atoms with van der Waals surface area (Å²) in [5, 5.41) is 0.921. The zero-order valence-electron chi connectivity index (χ0n) is 11.0. The first-order valence-corrected chi connectivity index (χ1v) is 9.27. The van der Waals surface area contributed by atoms with Gasteiger partial charge in [0.1, 0.15) is 0 Å². The van der Waals surface area contributed by atoms with Crippen LogP contribution in [0.5, 0.6) is 0 Å². The lowest BCUT2D eigenvalue weighted by Gasteiger charge is -2.22. The molecule has 2 heterocycles. The SMILES string of the molecule is CN(c1nc(C2CC2)c(CN)s1)C1CCS(=O)(=O)C1. The number of anilines is 1. The fourth-order valence-corrected chi connectivity index (χ4v) is 5.39. The highest BCUT2D eigenvalue weighted by Crippen LogP contribution is 2.44. The first kappa shape index (κ1) is 13.3. The number of nitrogens with zero attached hydrogens (tertiary/aromatic N) is 2. The zero-order valence-corrected chi connectivity index (χ0v) is 12.6. The second-order valence-electron chi connectivity index (χ2n) is 5.45. The van der Waals surface area contributed by atoms with Crippen LogP contribution in [0, 0.1) is 0 Å². The fourth-order valence-electron chi connectivity index (χ4n) is 2.56. The monoisotopic (exact) mass is 301 g/mol. The molecule has 1 aliphatic heterocycles. The van der Waals surface area contributed by atoms with Gasteiger partial charge in [-0.15, -0.1) is 11.3 Å². The summed E-state index contributed by atoms with van der Waals surface area (Å²) in [7, 11) is -0.905. The molecule has 3 rings (SSSR count). The van der Waals surface area contributed by atoms with Crippen LogP contribution in [-0.2, 0) is 16.4 Å². The molecule has 1 aromatic rings. The number of hydrogen-bond donors (Lipinski definition) is 1. The van der Waals surface area contributed by atoms with Gasteiger partial charge < -0.3 is 10.6 Å². The second-order valence-corrected chi connectivity index (χ2v) is 8.74. The molecule has 106 valence electrons. The summed E-state index contributed by atoms with van der Waals surface area (Å²) < 4.78 is 23.1. The topological polar surface area (TPSA) is 76.3 Å². The first-order valence-electron chi connectivity index (χ1n) is 6.63. The highest BCUT2D eigenvalue weighted by Gasteiger charge is 2.34. The average Bonchev–Trinajstić information content (AvgIpc) is 3.02. The summed E-state index contributed by atoms with van der Waals surface area (Å²) in [5.74, 6) is 1.14. The molecule has 1 aromatic heterocycles. The number of thiazole rings is 1. The third-order valence-electron chi connectivity index (χ3n) is 3.92. The molecule has 19 heavy (non-hydrogen) atoms. The fraction of sp³-hybridized carbons (Fsp3) is 0.750. The van der Waals surface area contributed by atoms with Crippen molar-refractivity contribution in [3.05, 3.63) is 10.6 Å². The van der Waals surface area contributed by atoms with E-state index in [-0.39, 0.29) is 11.8 Å². The van der Waals surface area contributed by atoms with Crippen LogP contribution in [0.15, 0.2) is 0 Å². The standard InChI is InChI=1S/C12H19N3O2S2/c1-15(9-4-5-19(16,17)7-9)12-14-11(8-2-3-8)10(6-13)18-12/h8-9H,2-7,13H2,1H3. The molecule has 1 saturated heterocycles. The van der Waals surface area contributed by atoms with E-state index >= 15 is 0 Å². The van der Waals surface area contributed by atoms with Gasteiger partial charge in [0.2, 0.25) is 0 Å². The van der Waals surface area contributed by atoms with Crippen molar-refractivity contribution in [1.29, 1.82) is 0 Å². The minimum absolute atomic E-state index is 0.0637. The van der Waals surface area contributed by atoms with E-state index in [0.29, 0.717) is 24.6 Å². The molecule has 0 radical (unpaired) electrons. The predicted octanol–water partition coefficient (Wildman–Crippen LogP) is 1.10. The van der Waals surface area contributed by atoms with Crippen LogP contribution in [0.2, 0.25) is 0 Å². The Labute approximate surface area is 117 Å². The Morgan fingerprint density at radius 2 is 2.16 bits per heavy atom. The van der Waals surface area contributed by atoms with Crippen molar-refractivity contribution in [2.45, 2.75) is 37.8 Å². The Bertz CT molecular complexity index is 578. The maximum absolute atomic E-state index is 11.6. The van der Waals surface area contributed by atoms with Gasteiger partial charge in [-0.3, -0.25) is 0 Å². The van der Waals surface area contributed by atoms with Gasteiger partial charge in [-0.2, -0.15) is 0 Å². The summed E-state index contributed by atoms with van der Waals surface area (Å²) in [6.07, 6.45) is 3.12. The molecular formula is C12H19N3O2S2. The second kappa shape index (κ2) is 4.71. The number of sulfone groups is 1. The smallest absolute Gasteiger partial charge is 0.185 e. The molecule has 1 saturated carbocycles. The molecular weight excluding hydrogens is 282 g/mol. The van der Waals surface area contributed by atoms with Gasteiger partial charge in [0.05, 0.1) is 17.2 Å². The number of nitrogens with two attached hydrogens (primary N) is 1. The summed E-state index contributed by atoms with van der Waals surface area (Å²) in [4.78, 5) is 7.89. The minimum atomic E-state index is -2.85. The number of hydrogen-bond acceptors (Lipinski definition) is 6. The van der Waals surface area contributed by atoms with Crippen molar-refractivity contribution in [3.63, 3.8) is 0 Å². The third kappa shape index (κ3) is 2.64. The average molecular weight is 301 g/mol. The lowest BCUT2D eigenvalue weighted by molar-refractivity contribution is 0.601. The van der Waals surface area contributed by atoms with Crippen molar-refractivity contribution in [3.8, 4) is 0 Å². The maximum atomic E-state index is 11.6. The summed E-state index contributed by atoms with van der Waals surface area (Å²) in [6, 6.07) is 0.0637. The van der Waals surface area contributed by atoms with E-state index in [2.05, 4.69) is 0 Å². The van der Waals surface area contributed by atoms with E-state index in [1.807, 2.05) is 11.9 Å². The predicted molar refractivity (Wildman–Crippen MR) is 77.4 cm³/mol. The van der Waals surface area contributed by atoms with Crippen molar-refractivity contribution in [2.75, 3.05) is 23.5 Å². The van der Waals surface area contributed by atoms with E-state index in [4.69, 9.17) is 10.7 Å². The van der Waals surface area contributed by atoms with E-state index in [1.54, 1.807) is 11.3 Å². The molecule has 0 aromatic carbocycles. The van der Waals surface area contributed by atoms with Crippen LogP contribution in [0.4, 0.5) is 5.13 Å². The third-order valence-corrected chi connectivity index (χ3v) is 6.86. The Morgan fingerprint density at radius 1 is 1.42 bits per heavy atom. The van der Waals surface area contributed by atoms with Crippen LogP contribution in [0.3, 0.4) is 0 Å². The molecule has 1 unspecified atom stereocenters. The summed E-state index contributed by atoms with van der Waals surface area (Å²) in [6.45, 7) is 0.528. The van der Waals surface area contributed by atoms with E-state index in [0.717, 1.165) is 15.7 Å². The summed E-state index contributed by atoms with van der Waals surface area (Å²) >= 11 is 1.62. The normalized spacial score (nSPS) is 25.7. The lowest BCUT2D eigenvalue weighted by Crippen LogP contribution is -2.32. The van der Waals surface area contributed by atoms with Gasteiger partial charge in [-0.1, -0.05) is 0 Å². The Hall–Kier alpha value is -0.660. The largest absolute Gasteiger partial charge is 0.347 e. The van der Waals surface area contributed by atoms with E-state index < -0.39 is 9.84 Å². The van der Waals surface area contributed by atoms with Gasteiger partial charge >= 0.3 is 0 Å². The molecule has 0 spiro atoms. The zero-order chi connectivity index (χ0) is 13.6. The molecule has 5 nitrogen and oxygen atoms in total. The number of rotatable bonds is 4. The molecule has 0 amide bonds. The van der Waals surface area contributed by atoms with Gasteiger partial charge in [0, 0.05) is 30.4 Å². The quantitative estimate of drug-likeness (QED) is 0.901. The molecule has 7 heteroatoms. The van der Waals surface area contributed by atoms with Gasteiger partial charge in [-0.25, -0.2) is 13.4 Å². The highest BCUT2D eigenvalue weighted by atomic mass is 32.2. The van der Waals surface area contributed by atoms with Crippen molar-refractivity contribution in [1.82, 2.24) is 4.98 Å². The molecule has 2 aliphatic rings. The van der Waals surface area contributed by atoms with Gasteiger partial charge in [-0.05, 0) is 19.3 Å². The number of aromatic nitrogens is 1.